The van der Waals surface area contributed by atoms with E-state index in [-0.39, 0.29) is 35.1 Å². The summed E-state index contributed by atoms with van der Waals surface area (Å²) < 4.78 is 22.9. The van der Waals surface area contributed by atoms with Gasteiger partial charge >= 0.3 is 0 Å². The second kappa shape index (κ2) is 12.2. The highest BCUT2D eigenvalue weighted by Crippen LogP contribution is 2.20. The van der Waals surface area contributed by atoms with Crippen LogP contribution in [0.25, 0.3) is 0 Å². The standard InChI is InChI=1S/C22H38N4O2S.HI/c1-18-7-6-8-19(15-18)16-26-12-9-20(10-13-26)25-21(23-4)24-17-22(2,3)11-14-29(5,27)28;/h6-8,15,20H,9-14,16-17H2,1-5H3,(H2,23,24,25);1H. The smallest absolute Gasteiger partial charge is 0.191 e. The minimum Gasteiger partial charge on any atom is -0.356 e. The van der Waals surface area contributed by atoms with Crippen molar-refractivity contribution < 1.29 is 8.42 Å². The number of likely N-dealkylation sites (tertiary alicyclic amines) is 1. The number of aliphatic imine (C=N–C) groups is 1. The Morgan fingerprint density at radius 1 is 1.27 bits per heavy atom. The molecule has 0 atom stereocenters. The third-order valence-electron chi connectivity index (χ3n) is 5.52. The van der Waals surface area contributed by atoms with Crippen LogP contribution in [0, 0.1) is 12.3 Å². The van der Waals surface area contributed by atoms with E-state index in [0.29, 0.717) is 19.0 Å². The van der Waals surface area contributed by atoms with Gasteiger partial charge in [0, 0.05) is 45.5 Å². The molecule has 1 aliphatic heterocycles. The van der Waals surface area contributed by atoms with Gasteiger partial charge in [-0.3, -0.25) is 9.89 Å². The van der Waals surface area contributed by atoms with Crippen LogP contribution in [0.1, 0.15) is 44.2 Å². The van der Waals surface area contributed by atoms with Crippen LogP contribution in [0.5, 0.6) is 0 Å². The molecule has 0 spiro atoms. The van der Waals surface area contributed by atoms with Crippen molar-refractivity contribution in [1.82, 2.24) is 15.5 Å². The molecule has 1 fully saturated rings. The molecule has 2 N–H and O–H groups in total. The van der Waals surface area contributed by atoms with Crippen LogP contribution in [-0.4, -0.2) is 64.0 Å². The summed E-state index contributed by atoms with van der Waals surface area (Å²) in [5, 5.41) is 6.92. The molecule has 0 unspecified atom stereocenters. The molecule has 6 nitrogen and oxygen atoms in total. The summed E-state index contributed by atoms with van der Waals surface area (Å²) in [5.74, 6) is 1.02. The Hall–Kier alpha value is -0.870. The summed E-state index contributed by atoms with van der Waals surface area (Å²) in [6.07, 6.45) is 4.10. The number of guanidine groups is 1. The summed E-state index contributed by atoms with van der Waals surface area (Å²) in [5.41, 5.74) is 2.58. The zero-order valence-electron chi connectivity index (χ0n) is 19.1. The van der Waals surface area contributed by atoms with Crippen molar-refractivity contribution in [3.05, 3.63) is 35.4 Å². The lowest BCUT2D eigenvalue weighted by Gasteiger charge is -2.33. The quantitative estimate of drug-likeness (QED) is 0.296. The highest BCUT2D eigenvalue weighted by molar-refractivity contribution is 14.0. The number of sulfone groups is 1. The first kappa shape index (κ1) is 27.2. The Morgan fingerprint density at radius 2 is 1.93 bits per heavy atom. The Kier molecular flexibility index (Phi) is 11.1. The largest absolute Gasteiger partial charge is 0.356 e. The van der Waals surface area contributed by atoms with E-state index in [1.54, 1.807) is 7.05 Å². The highest BCUT2D eigenvalue weighted by Gasteiger charge is 2.23. The molecule has 8 heteroatoms. The first-order valence-electron chi connectivity index (χ1n) is 10.5. The Bertz CT molecular complexity index is 788. The van der Waals surface area contributed by atoms with E-state index in [2.05, 4.69) is 65.6 Å². The van der Waals surface area contributed by atoms with E-state index in [0.717, 1.165) is 38.4 Å². The number of aryl methyl sites for hydroxylation is 1. The van der Waals surface area contributed by atoms with Crippen molar-refractivity contribution in [2.45, 2.75) is 52.6 Å². The SMILES string of the molecule is CN=C(NCC(C)(C)CCS(C)(=O)=O)NC1CCN(Cc2cccc(C)c2)CC1.I. The lowest BCUT2D eigenvalue weighted by molar-refractivity contribution is 0.198. The van der Waals surface area contributed by atoms with Crippen LogP contribution in [-0.2, 0) is 16.4 Å². The average molecular weight is 551 g/mol. The molecule has 0 radical (unpaired) electrons. The summed E-state index contributed by atoms with van der Waals surface area (Å²) in [7, 11) is -1.15. The van der Waals surface area contributed by atoms with E-state index in [9.17, 15) is 8.42 Å². The minimum atomic E-state index is -2.93. The summed E-state index contributed by atoms with van der Waals surface area (Å²) in [6.45, 7) is 10.2. The molecule has 0 amide bonds. The maximum absolute atomic E-state index is 11.4. The van der Waals surface area contributed by atoms with E-state index >= 15 is 0 Å². The fourth-order valence-corrected chi connectivity index (χ4v) is 4.49. The molecular weight excluding hydrogens is 511 g/mol. The average Bonchev–Trinajstić information content (AvgIpc) is 2.64. The number of piperidine rings is 1. The number of rotatable bonds is 8. The lowest BCUT2D eigenvalue weighted by atomic mass is 9.90. The van der Waals surface area contributed by atoms with Crippen LogP contribution < -0.4 is 10.6 Å². The summed E-state index contributed by atoms with van der Waals surface area (Å²) >= 11 is 0. The van der Waals surface area contributed by atoms with Gasteiger partial charge in [-0.2, -0.15) is 0 Å². The zero-order valence-corrected chi connectivity index (χ0v) is 22.2. The number of benzene rings is 1. The monoisotopic (exact) mass is 550 g/mol. The number of nitrogens with one attached hydrogen (secondary N) is 2. The molecule has 0 aromatic heterocycles. The molecule has 172 valence electrons. The molecule has 0 aliphatic carbocycles. The molecule has 0 saturated carbocycles. The van der Waals surface area contributed by atoms with Crippen LogP contribution in [0.3, 0.4) is 0 Å². The van der Waals surface area contributed by atoms with Gasteiger partial charge in [-0.25, -0.2) is 8.42 Å². The molecule has 1 heterocycles. The Labute approximate surface area is 200 Å². The maximum Gasteiger partial charge on any atom is 0.191 e. The number of hydrogen-bond acceptors (Lipinski definition) is 4. The van der Waals surface area contributed by atoms with Crippen LogP contribution >= 0.6 is 24.0 Å². The van der Waals surface area contributed by atoms with Crippen LogP contribution in [0.15, 0.2) is 29.3 Å². The minimum absolute atomic E-state index is 0. The molecule has 1 saturated heterocycles. The van der Waals surface area contributed by atoms with Crippen molar-refractivity contribution in [2.75, 3.05) is 38.7 Å². The zero-order chi connectivity index (χ0) is 21.5. The lowest BCUT2D eigenvalue weighted by Crippen LogP contribution is -2.50. The Morgan fingerprint density at radius 3 is 2.50 bits per heavy atom. The van der Waals surface area contributed by atoms with Crippen molar-refractivity contribution in [2.24, 2.45) is 10.4 Å². The molecule has 2 rings (SSSR count). The van der Waals surface area contributed by atoms with Crippen LogP contribution in [0.4, 0.5) is 0 Å². The van der Waals surface area contributed by atoms with E-state index in [1.165, 1.54) is 17.4 Å². The first-order valence-corrected chi connectivity index (χ1v) is 12.6. The van der Waals surface area contributed by atoms with Crippen LogP contribution in [0.2, 0.25) is 0 Å². The van der Waals surface area contributed by atoms with Gasteiger partial charge in [-0.15, -0.1) is 24.0 Å². The van der Waals surface area contributed by atoms with Gasteiger partial charge in [0.2, 0.25) is 0 Å². The summed E-state index contributed by atoms with van der Waals surface area (Å²) in [6, 6.07) is 9.15. The van der Waals surface area contributed by atoms with Gasteiger partial charge in [0.05, 0.1) is 5.75 Å². The van der Waals surface area contributed by atoms with Crippen molar-refractivity contribution >= 4 is 39.8 Å². The molecular formula is C22H39IN4O2S. The topological polar surface area (TPSA) is 73.8 Å². The fraction of sp³-hybridized carbons (Fsp3) is 0.682. The second-order valence-corrected chi connectivity index (χ2v) is 11.4. The molecule has 30 heavy (non-hydrogen) atoms. The second-order valence-electron chi connectivity index (χ2n) is 9.15. The first-order chi connectivity index (χ1) is 13.6. The molecule has 1 aromatic rings. The normalized spacial score (nSPS) is 16.8. The van der Waals surface area contributed by atoms with Gasteiger partial charge < -0.3 is 10.6 Å². The van der Waals surface area contributed by atoms with Crippen molar-refractivity contribution in [3.8, 4) is 0 Å². The van der Waals surface area contributed by atoms with Crippen molar-refractivity contribution in [1.29, 1.82) is 0 Å². The highest BCUT2D eigenvalue weighted by atomic mass is 127. The van der Waals surface area contributed by atoms with Gasteiger partial charge in [-0.1, -0.05) is 43.7 Å². The predicted molar refractivity (Wildman–Crippen MR) is 137 cm³/mol. The van der Waals surface area contributed by atoms with Gasteiger partial charge in [0.15, 0.2) is 5.96 Å². The molecule has 1 aromatic carbocycles. The van der Waals surface area contributed by atoms with E-state index in [4.69, 9.17) is 0 Å². The molecule has 1 aliphatic rings. The number of halogens is 1. The van der Waals surface area contributed by atoms with Crippen molar-refractivity contribution in [3.63, 3.8) is 0 Å². The third kappa shape index (κ3) is 10.4. The van der Waals surface area contributed by atoms with Gasteiger partial charge in [0.25, 0.3) is 0 Å². The van der Waals surface area contributed by atoms with Gasteiger partial charge in [-0.05, 0) is 37.2 Å². The van der Waals surface area contributed by atoms with E-state index < -0.39 is 9.84 Å². The fourth-order valence-electron chi connectivity index (χ4n) is 3.57. The Balaban J connectivity index is 0.00000450. The number of nitrogens with zero attached hydrogens (tertiary/aromatic N) is 2. The maximum atomic E-state index is 11.4. The third-order valence-corrected chi connectivity index (χ3v) is 6.47. The predicted octanol–water partition coefficient (Wildman–Crippen LogP) is 3.20. The number of hydrogen-bond donors (Lipinski definition) is 2. The van der Waals surface area contributed by atoms with E-state index in [1.807, 2.05) is 0 Å². The summed E-state index contributed by atoms with van der Waals surface area (Å²) in [4.78, 5) is 6.86. The molecule has 0 bridgehead atoms. The van der Waals surface area contributed by atoms with Gasteiger partial charge in [0.1, 0.15) is 9.84 Å².